The Morgan fingerprint density at radius 2 is 2.31 bits per heavy atom. The summed E-state index contributed by atoms with van der Waals surface area (Å²) in [5.74, 6) is 0.771. The lowest BCUT2D eigenvalue weighted by atomic mass is 10.1. The number of carbonyl (C=O) groups is 1. The van der Waals surface area contributed by atoms with Gasteiger partial charge in [0.05, 0.1) is 5.69 Å². The number of carbonyl (C=O) groups excluding carboxylic acids is 1. The van der Waals surface area contributed by atoms with Crippen LogP contribution >= 0.6 is 15.9 Å². The molecule has 0 bridgehead atoms. The van der Waals surface area contributed by atoms with Crippen LogP contribution in [0.2, 0.25) is 0 Å². The molecule has 0 aliphatic carbocycles. The van der Waals surface area contributed by atoms with Crippen LogP contribution < -0.4 is 10.1 Å². The maximum Gasteiger partial charge on any atom is 0.387 e. The van der Waals surface area contributed by atoms with Crippen LogP contribution in [0.3, 0.4) is 0 Å². The van der Waals surface area contributed by atoms with E-state index < -0.39 is 6.61 Å². The lowest BCUT2D eigenvalue weighted by Crippen LogP contribution is -2.40. The van der Waals surface area contributed by atoms with Crippen molar-refractivity contribution in [2.75, 3.05) is 0 Å². The Kier molecular flexibility index (Phi) is 5.70. The fraction of sp³-hybridized carbons (Fsp3) is 0.333. The Bertz CT molecular complexity index is 836. The molecule has 0 radical (unpaired) electrons. The van der Waals surface area contributed by atoms with E-state index in [0.29, 0.717) is 16.6 Å². The van der Waals surface area contributed by atoms with Crippen molar-refractivity contribution in [1.82, 2.24) is 14.9 Å². The van der Waals surface area contributed by atoms with Gasteiger partial charge in [-0.05, 0) is 37.6 Å². The molecule has 0 spiro atoms. The quantitative estimate of drug-likeness (QED) is 0.742. The molecule has 2 aromatic rings. The number of benzene rings is 1. The monoisotopic (exact) mass is 425 g/mol. The fourth-order valence-electron chi connectivity index (χ4n) is 2.97. The van der Waals surface area contributed by atoms with Crippen molar-refractivity contribution < 1.29 is 18.3 Å². The van der Waals surface area contributed by atoms with Crippen molar-refractivity contribution in [3.05, 3.63) is 52.0 Å². The SMILES string of the molecule is Cc1cn2c(n1)CCC(NC(=O)/C=C/c1cc(Br)ccc1OC(F)F)C2. The Hall–Kier alpha value is -2.22. The first-order valence-electron chi connectivity index (χ1n) is 8.16. The molecule has 3 rings (SSSR count). The van der Waals surface area contributed by atoms with E-state index in [1.807, 2.05) is 13.1 Å². The van der Waals surface area contributed by atoms with Gasteiger partial charge in [-0.1, -0.05) is 15.9 Å². The molecular formula is C18H18BrF2N3O2. The molecule has 8 heteroatoms. The molecule has 0 saturated carbocycles. The second-order valence-electron chi connectivity index (χ2n) is 6.09. The average molecular weight is 426 g/mol. The number of nitrogens with zero attached hydrogens (tertiary/aromatic N) is 2. The summed E-state index contributed by atoms with van der Waals surface area (Å²) in [6.45, 7) is -0.308. The van der Waals surface area contributed by atoms with Gasteiger partial charge in [-0.2, -0.15) is 8.78 Å². The van der Waals surface area contributed by atoms with Gasteiger partial charge < -0.3 is 14.6 Å². The van der Waals surface area contributed by atoms with E-state index in [1.165, 1.54) is 18.2 Å². The third-order valence-corrected chi connectivity index (χ3v) is 4.55. The lowest BCUT2D eigenvalue weighted by molar-refractivity contribution is -0.117. The van der Waals surface area contributed by atoms with Crippen LogP contribution in [0.15, 0.2) is 34.9 Å². The minimum atomic E-state index is -2.92. The summed E-state index contributed by atoms with van der Waals surface area (Å²) in [7, 11) is 0. The molecule has 5 nitrogen and oxygen atoms in total. The van der Waals surface area contributed by atoms with Gasteiger partial charge >= 0.3 is 6.61 Å². The van der Waals surface area contributed by atoms with E-state index in [9.17, 15) is 13.6 Å². The number of aromatic nitrogens is 2. The molecule has 0 saturated heterocycles. The molecule has 1 aromatic carbocycles. The highest BCUT2D eigenvalue weighted by molar-refractivity contribution is 9.10. The van der Waals surface area contributed by atoms with Crippen molar-refractivity contribution in [3.63, 3.8) is 0 Å². The molecule has 1 atom stereocenters. The third kappa shape index (κ3) is 4.69. The first kappa shape index (κ1) is 18.6. The lowest BCUT2D eigenvalue weighted by Gasteiger charge is -2.24. The van der Waals surface area contributed by atoms with Crippen LogP contribution in [0.1, 0.15) is 23.5 Å². The first-order chi connectivity index (χ1) is 12.4. The third-order valence-electron chi connectivity index (χ3n) is 4.06. The molecule has 0 fully saturated rings. The minimum absolute atomic E-state index is 0.00699. The Balaban J connectivity index is 1.64. The number of hydrogen-bond donors (Lipinski definition) is 1. The molecule has 1 aliphatic rings. The summed E-state index contributed by atoms with van der Waals surface area (Å²) in [4.78, 5) is 16.6. The maximum atomic E-state index is 12.5. The summed E-state index contributed by atoms with van der Waals surface area (Å²) in [5, 5.41) is 2.94. The summed E-state index contributed by atoms with van der Waals surface area (Å²) in [5.41, 5.74) is 1.36. The van der Waals surface area contributed by atoms with Crippen LogP contribution in [0.4, 0.5) is 8.78 Å². The molecule has 2 heterocycles. The van der Waals surface area contributed by atoms with Gasteiger partial charge in [0, 0.05) is 41.3 Å². The number of amides is 1. The maximum absolute atomic E-state index is 12.5. The van der Waals surface area contributed by atoms with Crippen LogP contribution in [-0.4, -0.2) is 28.1 Å². The zero-order chi connectivity index (χ0) is 18.7. The fourth-order valence-corrected chi connectivity index (χ4v) is 3.35. The predicted octanol–water partition coefficient (Wildman–Crippen LogP) is 3.70. The zero-order valence-corrected chi connectivity index (χ0v) is 15.7. The summed E-state index contributed by atoms with van der Waals surface area (Å²) >= 11 is 3.28. The number of alkyl halides is 2. The zero-order valence-electron chi connectivity index (χ0n) is 14.1. The van der Waals surface area contributed by atoms with E-state index in [-0.39, 0.29) is 17.7 Å². The highest BCUT2D eigenvalue weighted by Gasteiger charge is 2.20. The molecule has 1 unspecified atom stereocenters. The van der Waals surface area contributed by atoms with E-state index >= 15 is 0 Å². The van der Waals surface area contributed by atoms with E-state index in [2.05, 4.69) is 35.5 Å². The average Bonchev–Trinajstić information content (AvgIpc) is 2.94. The molecule has 26 heavy (non-hydrogen) atoms. The van der Waals surface area contributed by atoms with Crippen molar-refractivity contribution in [2.45, 2.75) is 39.0 Å². The second kappa shape index (κ2) is 7.99. The molecule has 1 aliphatic heterocycles. The molecule has 138 valence electrons. The van der Waals surface area contributed by atoms with Gasteiger partial charge in [-0.3, -0.25) is 4.79 Å². The van der Waals surface area contributed by atoms with Crippen molar-refractivity contribution in [1.29, 1.82) is 0 Å². The van der Waals surface area contributed by atoms with Gasteiger partial charge in [0.25, 0.3) is 0 Å². The second-order valence-corrected chi connectivity index (χ2v) is 7.00. The summed E-state index contributed by atoms with van der Waals surface area (Å²) in [6, 6.07) is 4.65. The van der Waals surface area contributed by atoms with E-state index in [4.69, 9.17) is 0 Å². The van der Waals surface area contributed by atoms with Gasteiger partial charge in [-0.25, -0.2) is 4.98 Å². The number of nitrogens with one attached hydrogen (secondary N) is 1. The normalized spacial score (nSPS) is 16.7. The first-order valence-corrected chi connectivity index (χ1v) is 8.95. The number of rotatable bonds is 5. The van der Waals surface area contributed by atoms with Crippen molar-refractivity contribution >= 4 is 27.9 Å². The minimum Gasteiger partial charge on any atom is -0.434 e. The summed E-state index contributed by atoms with van der Waals surface area (Å²) in [6.07, 6.45) is 6.38. The van der Waals surface area contributed by atoms with Crippen LogP contribution in [0, 0.1) is 6.92 Å². The molecule has 1 N–H and O–H groups in total. The molecule has 1 amide bonds. The number of ether oxygens (including phenoxy) is 1. The van der Waals surface area contributed by atoms with Crippen LogP contribution in [0.5, 0.6) is 5.75 Å². The number of halogens is 3. The van der Waals surface area contributed by atoms with Crippen LogP contribution in [-0.2, 0) is 17.8 Å². The van der Waals surface area contributed by atoms with Gasteiger partial charge in [-0.15, -0.1) is 0 Å². The van der Waals surface area contributed by atoms with Gasteiger partial charge in [0.1, 0.15) is 11.6 Å². The number of fused-ring (bicyclic) bond motifs is 1. The van der Waals surface area contributed by atoms with Gasteiger partial charge in [0.2, 0.25) is 5.91 Å². The van der Waals surface area contributed by atoms with E-state index in [0.717, 1.165) is 24.4 Å². The number of hydrogen-bond acceptors (Lipinski definition) is 3. The van der Waals surface area contributed by atoms with Crippen molar-refractivity contribution in [2.24, 2.45) is 0 Å². The highest BCUT2D eigenvalue weighted by atomic mass is 79.9. The number of aryl methyl sites for hydroxylation is 2. The Labute approximate surface area is 158 Å². The largest absolute Gasteiger partial charge is 0.434 e. The molecular weight excluding hydrogens is 408 g/mol. The molecule has 1 aromatic heterocycles. The standard InChI is InChI=1S/C18H18BrF2N3O2/c1-11-9-24-10-14(4-6-16(24)22-11)23-17(25)7-2-12-8-13(19)3-5-15(12)26-18(20)21/h2-3,5,7-9,14,18H,4,6,10H2,1H3,(H,23,25)/b7-2+. The number of imidazole rings is 1. The Morgan fingerprint density at radius 1 is 1.50 bits per heavy atom. The topological polar surface area (TPSA) is 56.2 Å². The highest BCUT2D eigenvalue weighted by Crippen LogP contribution is 2.26. The van der Waals surface area contributed by atoms with E-state index in [1.54, 1.807) is 12.1 Å². The summed E-state index contributed by atoms with van der Waals surface area (Å²) < 4.78 is 32.2. The van der Waals surface area contributed by atoms with Crippen molar-refractivity contribution in [3.8, 4) is 5.75 Å². The smallest absolute Gasteiger partial charge is 0.387 e. The van der Waals surface area contributed by atoms with Crippen LogP contribution in [0.25, 0.3) is 6.08 Å². The van der Waals surface area contributed by atoms with Gasteiger partial charge in [0.15, 0.2) is 0 Å². The Morgan fingerprint density at radius 3 is 3.08 bits per heavy atom. The predicted molar refractivity (Wildman–Crippen MR) is 97.0 cm³/mol.